The van der Waals surface area contributed by atoms with Crippen LogP contribution >= 0.6 is 0 Å². The molecule has 134 valence electrons. The molecule has 0 bridgehead atoms. The molecule has 1 aromatic heterocycles. The molecule has 2 rings (SSSR count). The summed E-state index contributed by atoms with van der Waals surface area (Å²) in [5, 5.41) is 9.46. The van der Waals surface area contributed by atoms with Gasteiger partial charge in [-0.05, 0) is 50.6 Å². The first-order valence-electron chi connectivity index (χ1n) is 8.33. The lowest BCUT2D eigenvalue weighted by molar-refractivity contribution is -0.120. The summed E-state index contributed by atoms with van der Waals surface area (Å²) in [6, 6.07) is 8.69. The number of aryl methyl sites for hydroxylation is 1. The Hall–Kier alpha value is -2.83. The third kappa shape index (κ3) is 6.66. The van der Waals surface area contributed by atoms with Crippen molar-refractivity contribution in [2.24, 2.45) is 0 Å². The van der Waals surface area contributed by atoms with Gasteiger partial charge in [0.05, 0.1) is 12.6 Å². The Labute approximate surface area is 147 Å². The molecule has 25 heavy (non-hydrogen) atoms. The minimum absolute atomic E-state index is 0.0507. The Morgan fingerprint density at radius 3 is 2.60 bits per heavy atom. The Bertz CT molecular complexity index is 666. The Morgan fingerprint density at radius 2 is 1.96 bits per heavy atom. The molecule has 0 fully saturated rings. The number of aromatic nitrogens is 2. The number of nitrogens with zero attached hydrogens (tertiary/aromatic N) is 2. The molecule has 0 atom stereocenters. The van der Waals surface area contributed by atoms with Crippen LogP contribution in [0, 0.1) is 0 Å². The summed E-state index contributed by atoms with van der Waals surface area (Å²) in [6.45, 7) is 5.10. The maximum atomic E-state index is 12.0. The lowest BCUT2D eigenvalue weighted by Gasteiger charge is -2.10. The van der Waals surface area contributed by atoms with Gasteiger partial charge >= 0.3 is 0 Å². The van der Waals surface area contributed by atoms with Gasteiger partial charge < -0.3 is 15.4 Å². The summed E-state index contributed by atoms with van der Waals surface area (Å²) in [4.78, 5) is 23.8. The number of amides is 2. The van der Waals surface area contributed by atoms with Gasteiger partial charge in [0.2, 0.25) is 5.91 Å². The van der Waals surface area contributed by atoms with Gasteiger partial charge in [0.1, 0.15) is 5.75 Å². The number of ether oxygens (including phenoxy) is 1. The molecule has 0 spiro atoms. The smallest absolute Gasteiger partial charge is 0.251 e. The fraction of sp³-hybridized carbons (Fsp3) is 0.389. The second kappa shape index (κ2) is 9.46. The molecule has 1 aromatic carbocycles. The van der Waals surface area contributed by atoms with E-state index in [1.165, 1.54) is 0 Å². The number of benzene rings is 1. The molecule has 0 saturated carbocycles. The lowest BCUT2D eigenvalue weighted by Crippen LogP contribution is -2.37. The third-order valence-electron chi connectivity index (χ3n) is 3.34. The van der Waals surface area contributed by atoms with E-state index in [1.54, 1.807) is 35.1 Å². The molecule has 1 heterocycles. The largest absolute Gasteiger partial charge is 0.491 e. The van der Waals surface area contributed by atoms with Crippen molar-refractivity contribution in [3.05, 3.63) is 48.3 Å². The summed E-state index contributed by atoms with van der Waals surface area (Å²) < 4.78 is 7.33. The van der Waals surface area contributed by atoms with E-state index < -0.39 is 0 Å². The van der Waals surface area contributed by atoms with Crippen LogP contribution in [0.15, 0.2) is 42.7 Å². The molecule has 0 aliphatic carbocycles. The predicted molar refractivity (Wildman–Crippen MR) is 94.4 cm³/mol. The summed E-state index contributed by atoms with van der Waals surface area (Å²) in [5.74, 6) is 0.206. The normalized spacial score (nSPS) is 10.5. The lowest BCUT2D eigenvalue weighted by atomic mass is 10.2. The molecule has 7 nitrogen and oxygen atoms in total. The summed E-state index contributed by atoms with van der Waals surface area (Å²) >= 11 is 0. The fourth-order valence-electron chi connectivity index (χ4n) is 2.18. The molecule has 7 heteroatoms. The molecule has 0 aliphatic heterocycles. The van der Waals surface area contributed by atoms with Crippen LogP contribution < -0.4 is 15.4 Å². The van der Waals surface area contributed by atoms with Crippen LogP contribution in [-0.4, -0.2) is 40.8 Å². The number of nitrogens with one attached hydrogen (secondary N) is 2. The van der Waals surface area contributed by atoms with E-state index in [4.69, 9.17) is 4.74 Å². The highest BCUT2D eigenvalue weighted by molar-refractivity contribution is 5.96. The number of carbonyl (C=O) groups is 2. The third-order valence-corrected chi connectivity index (χ3v) is 3.34. The van der Waals surface area contributed by atoms with Crippen molar-refractivity contribution >= 4 is 11.8 Å². The summed E-state index contributed by atoms with van der Waals surface area (Å²) in [7, 11) is 0. The van der Waals surface area contributed by atoms with Gasteiger partial charge in [-0.2, -0.15) is 5.10 Å². The van der Waals surface area contributed by atoms with Crippen LogP contribution in [0.3, 0.4) is 0 Å². The number of hydrogen-bond acceptors (Lipinski definition) is 4. The zero-order valence-electron chi connectivity index (χ0n) is 14.6. The van der Waals surface area contributed by atoms with Gasteiger partial charge in [-0.15, -0.1) is 0 Å². The first-order valence-corrected chi connectivity index (χ1v) is 8.33. The molecule has 0 unspecified atom stereocenters. The van der Waals surface area contributed by atoms with E-state index >= 15 is 0 Å². The second-order valence-electron chi connectivity index (χ2n) is 5.85. The van der Waals surface area contributed by atoms with E-state index in [9.17, 15) is 9.59 Å². The van der Waals surface area contributed by atoms with Crippen LogP contribution in [-0.2, 0) is 11.3 Å². The van der Waals surface area contributed by atoms with Gasteiger partial charge in [-0.1, -0.05) is 0 Å². The van der Waals surface area contributed by atoms with Crippen LogP contribution in [0.2, 0.25) is 0 Å². The summed E-state index contributed by atoms with van der Waals surface area (Å²) in [6.07, 6.45) is 4.45. The van der Waals surface area contributed by atoms with E-state index in [1.807, 2.05) is 26.1 Å². The minimum atomic E-state index is -0.289. The molecular formula is C18H24N4O3. The van der Waals surface area contributed by atoms with Crippen molar-refractivity contribution in [3.8, 4) is 5.75 Å². The van der Waals surface area contributed by atoms with E-state index in [0.717, 1.165) is 13.0 Å². The van der Waals surface area contributed by atoms with Crippen LogP contribution in [0.1, 0.15) is 30.6 Å². The van der Waals surface area contributed by atoms with Crippen LogP contribution in [0.5, 0.6) is 5.75 Å². The average Bonchev–Trinajstić information content (AvgIpc) is 3.10. The highest BCUT2D eigenvalue weighted by atomic mass is 16.5. The Morgan fingerprint density at radius 1 is 1.20 bits per heavy atom. The van der Waals surface area contributed by atoms with Crippen LogP contribution in [0.25, 0.3) is 0 Å². The zero-order valence-corrected chi connectivity index (χ0v) is 14.6. The van der Waals surface area contributed by atoms with E-state index in [-0.39, 0.29) is 24.5 Å². The fourth-order valence-corrected chi connectivity index (χ4v) is 2.18. The Balaban J connectivity index is 1.65. The SMILES string of the molecule is CC(C)Oc1ccc(C(=O)NCC(=O)NCCCn2cccn2)cc1. The molecule has 2 amide bonds. The molecule has 0 radical (unpaired) electrons. The van der Waals surface area contributed by atoms with E-state index in [0.29, 0.717) is 17.9 Å². The second-order valence-corrected chi connectivity index (χ2v) is 5.85. The van der Waals surface area contributed by atoms with E-state index in [2.05, 4.69) is 15.7 Å². The monoisotopic (exact) mass is 344 g/mol. The van der Waals surface area contributed by atoms with Crippen molar-refractivity contribution in [1.29, 1.82) is 0 Å². The molecule has 0 aliphatic rings. The van der Waals surface area contributed by atoms with Gasteiger partial charge in [-0.3, -0.25) is 14.3 Å². The van der Waals surface area contributed by atoms with Gasteiger partial charge in [-0.25, -0.2) is 0 Å². The quantitative estimate of drug-likeness (QED) is 0.677. The number of hydrogen-bond donors (Lipinski definition) is 2. The first kappa shape index (κ1) is 18.5. The molecule has 0 saturated heterocycles. The summed E-state index contributed by atoms with van der Waals surface area (Å²) in [5.41, 5.74) is 0.489. The van der Waals surface area contributed by atoms with Crippen LogP contribution in [0.4, 0.5) is 0 Å². The van der Waals surface area contributed by atoms with Gasteiger partial charge in [0.25, 0.3) is 5.91 Å². The zero-order chi connectivity index (χ0) is 18.1. The molecule has 2 aromatic rings. The molecule has 2 N–H and O–H groups in total. The number of rotatable bonds is 9. The van der Waals surface area contributed by atoms with Gasteiger partial charge in [0.15, 0.2) is 0 Å². The minimum Gasteiger partial charge on any atom is -0.491 e. The van der Waals surface area contributed by atoms with Crippen molar-refractivity contribution in [2.45, 2.75) is 32.9 Å². The topological polar surface area (TPSA) is 85.2 Å². The van der Waals surface area contributed by atoms with Crippen molar-refractivity contribution < 1.29 is 14.3 Å². The predicted octanol–water partition coefficient (Wildman–Crippen LogP) is 1.61. The maximum Gasteiger partial charge on any atom is 0.251 e. The first-order chi connectivity index (χ1) is 12.0. The highest BCUT2D eigenvalue weighted by Crippen LogP contribution is 2.13. The molecular weight excluding hydrogens is 320 g/mol. The van der Waals surface area contributed by atoms with Crippen molar-refractivity contribution in [1.82, 2.24) is 20.4 Å². The van der Waals surface area contributed by atoms with Crippen molar-refractivity contribution in [2.75, 3.05) is 13.1 Å². The standard InChI is InChI=1S/C18H24N4O3/c1-14(2)25-16-7-5-15(6-8-16)18(24)20-13-17(23)19-9-3-11-22-12-4-10-21-22/h4-8,10,12,14H,3,9,11,13H2,1-2H3,(H,19,23)(H,20,24). The van der Waals surface area contributed by atoms with Crippen molar-refractivity contribution in [3.63, 3.8) is 0 Å². The number of carbonyl (C=O) groups excluding carboxylic acids is 2. The maximum absolute atomic E-state index is 12.0. The Kier molecular flexibility index (Phi) is 7.00. The van der Waals surface area contributed by atoms with Gasteiger partial charge in [0, 0.05) is 31.0 Å². The highest BCUT2D eigenvalue weighted by Gasteiger charge is 2.08. The average molecular weight is 344 g/mol.